The van der Waals surface area contributed by atoms with Crippen LogP contribution in [0.3, 0.4) is 0 Å². The number of hydrogen-bond donors (Lipinski definition) is 0. The van der Waals surface area contributed by atoms with E-state index < -0.39 is 11.6 Å². The lowest BCUT2D eigenvalue weighted by atomic mass is 10.1. The SMILES string of the molecule is COc1cc(OC)c2oc(=O)c(COC(C)=O)cc2c1. The largest absolute Gasteiger partial charge is 0.497 e. The van der Waals surface area contributed by atoms with Gasteiger partial charge in [-0.1, -0.05) is 0 Å². The van der Waals surface area contributed by atoms with Crippen molar-refractivity contribution < 1.29 is 23.4 Å². The quantitative estimate of drug-likeness (QED) is 0.628. The van der Waals surface area contributed by atoms with Crippen LogP contribution in [0.25, 0.3) is 11.0 Å². The van der Waals surface area contributed by atoms with Gasteiger partial charge < -0.3 is 18.6 Å². The Bertz CT molecular complexity index is 701. The third kappa shape index (κ3) is 2.74. The summed E-state index contributed by atoms with van der Waals surface area (Å²) in [6.07, 6.45) is 0. The molecule has 0 aliphatic rings. The number of methoxy groups -OCH3 is 2. The minimum absolute atomic E-state index is 0.132. The van der Waals surface area contributed by atoms with Crippen LogP contribution in [-0.4, -0.2) is 20.2 Å². The Balaban J connectivity index is 2.56. The second-order valence-electron chi connectivity index (χ2n) is 4.09. The Labute approximate surface area is 114 Å². The Hall–Kier alpha value is -2.50. The van der Waals surface area contributed by atoms with Crippen molar-refractivity contribution in [1.82, 2.24) is 0 Å². The van der Waals surface area contributed by atoms with Gasteiger partial charge in [0, 0.05) is 18.4 Å². The van der Waals surface area contributed by atoms with E-state index in [9.17, 15) is 9.59 Å². The predicted molar refractivity (Wildman–Crippen MR) is 71.1 cm³/mol. The second kappa shape index (κ2) is 5.64. The lowest BCUT2D eigenvalue weighted by molar-refractivity contribution is -0.142. The molecule has 0 spiro atoms. The molecule has 0 radical (unpaired) electrons. The van der Waals surface area contributed by atoms with Crippen LogP contribution in [0.5, 0.6) is 11.5 Å². The zero-order chi connectivity index (χ0) is 14.7. The number of carbonyl (C=O) groups is 1. The van der Waals surface area contributed by atoms with E-state index in [1.54, 1.807) is 18.2 Å². The standard InChI is InChI=1S/C14H14O6/c1-8(15)19-7-10-4-9-5-11(17-2)6-12(18-3)13(9)20-14(10)16/h4-6H,7H2,1-3H3. The van der Waals surface area contributed by atoms with E-state index in [0.29, 0.717) is 22.5 Å². The van der Waals surface area contributed by atoms with E-state index in [2.05, 4.69) is 0 Å². The van der Waals surface area contributed by atoms with Crippen LogP contribution in [0.4, 0.5) is 0 Å². The molecule has 0 amide bonds. The van der Waals surface area contributed by atoms with Crippen LogP contribution in [0.2, 0.25) is 0 Å². The van der Waals surface area contributed by atoms with Gasteiger partial charge in [-0.15, -0.1) is 0 Å². The summed E-state index contributed by atoms with van der Waals surface area (Å²) in [7, 11) is 3.00. The van der Waals surface area contributed by atoms with Crippen molar-refractivity contribution in [3.8, 4) is 11.5 Å². The van der Waals surface area contributed by atoms with Crippen molar-refractivity contribution in [1.29, 1.82) is 0 Å². The molecule has 0 N–H and O–H groups in total. The zero-order valence-corrected chi connectivity index (χ0v) is 11.4. The molecule has 0 fully saturated rings. The average Bonchev–Trinajstić information content (AvgIpc) is 2.43. The lowest BCUT2D eigenvalue weighted by Crippen LogP contribution is -2.10. The summed E-state index contributed by atoms with van der Waals surface area (Å²) in [4.78, 5) is 22.6. The van der Waals surface area contributed by atoms with Crippen LogP contribution >= 0.6 is 0 Å². The van der Waals surface area contributed by atoms with Crippen molar-refractivity contribution >= 4 is 16.9 Å². The number of esters is 1. The van der Waals surface area contributed by atoms with Gasteiger partial charge >= 0.3 is 11.6 Å². The number of fused-ring (bicyclic) bond motifs is 1. The molecule has 6 nitrogen and oxygen atoms in total. The van der Waals surface area contributed by atoms with Crippen LogP contribution in [-0.2, 0) is 16.1 Å². The topological polar surface area (TPSA) is 75.0 Å². The van der Waals surface area contributed by atoms with Crippen molar-refractivity contribution in [2.45, 2.75) is 13.5 Å². The summed E-state index contributed by atoms with van der Waals surface area (Å²) < 4.78 is 20.3. The fraction of sp³-hybridized carbons (Fsp3) is 0.286. The number of benzene rings is 1. The highest BCUT2D eigenvalue weighted by molar-refractivity contribution is 5.84. The molecule has 106 valence electrons. The van der Waals surface area contributed by atoms with Gasteiger partial charge in [0.15, 0.2) is 11.3 Å². The molecule has 1 aromatic carbocycles. The molecule has 0 atom stereocenters. The molecular formula is C14H14O6. The highest BCUT2D eigenvalue weighted by Crippen LogP contribution is 2.30. The smallest absolute Gasteiger partial charge is 0.343 e. The summed E-state index contributed by atoms with van der Waals surface area (Å²) in [6, 6.07) is 4.92. The summed E-state index contributed by atoms with van der Waals surface area (Å²) >= 11 is 0. The molecule has 0 bridgehead atoms. The monoisotopic (exact) mass is 278 g/mol. The van der Waals surface area contributed by atoms with Crippen LogP contribution < -0.4 is 15.1 Å². The average molecular weight is 278 g/mol. The van der Waals surface area contributed by atoms with Crippen molar-refractivity contribution in [2.75, 3.05) is 14.2 Å². The van der Waals surface area contributed by atoms with Crippen molar-refractivity contribution in [3.05, 3.63) is 34.2 Å². The van der Waals surface area contributed by atoms with Crippen LogP contribution in [0, 0.1) is 0 Å². The lowest BCUT2D eigenvalue weighted by Gasteiger charge is -2.08. The van der Waals surface area contributed by atoms with E-state index in [-0.39, 0.29) is 12.2 Å². The fourth-order valence-electron chi connectivity index (χ4n) is 1.77. The third-order valence-corrected chi connectivity index (χ3v) is 2.73. The second-order valence-corrected chi connectivity index (χ2v) is 4.09. The maximum absolute atomic E-state index is 11.8. The molecule has 2 aromatic rings. The summed E-state index contributed by atoms with van der Waals surface area (Å²) in [5.41, 5.74) is 0.00935. The number of carbonyl (C=O) groups excluding carboxylic acids is 1. The van der Waals surface area contributed by atoms with Gasteiger partial charge in [0.25, 0.3) is 0 Å². The minimum atomic E-state index is -0.567. The van der Waals surface area contributed by atoms with Gasteiger partial charge in [-0.3, -0.25) is 4.79 Å². The van der Waals surface area contributed by atoms with Gasteiger partial charge in [0.1, 0.15) is 12.4 Å². The maximum atomic E-state index is 11.8. The molecule has 0 aliphatic heterocycles. The molecule has 0 saturated carbocycles. The number of hydrogen-bond acceptors (Lipinski definition) is 6. The Morgan fingerprint density at radius 1 is 1.20 bits per heavy atom. The first-order valence-corrected chi connectivity index (χ1v) is 5.87. The van der Waals surface area contributed by atoms with Crippen molar-refractivity contribution in [3.63, 3.8) is 0 Å². The molecule has 0 aliphatic carbocycles. The third-order valence-electron chi connectivity index (χ3n) is 2.73. The molecule has 20 heavy (non-hydrogen) atoms. The number of ether oxygens (including phenoxy) is 3. The Morgan fingerprint density at radius 2 is 1.95 bits per heavy atom. The van der Waals surface area contributed by atoms with E-state index >= 15 is 0 Å². The predicted octanol–water partition coefficient (Wildman–Crippen LogP) is 1.87. The first-order valence-electron chi connectivity index (χ1n) is 5.87. The van der Waals surface area contributed by atoms with Crippen LogP contribution in [0.15, 0.2) is 27.4 Å². The highest BCUT2D eigenvalue weighted by atomic mass is 16.5. The van der Waals surface area contributed by atoms with Gasteiger partial charge in [-0.2, -0.15) is 0 Å². The fourth-order valence-corrected chi connectivity index (χ4v) is 1.77. The first kappa shape index (κ1) is 13.9. The van der Waals surface area contributed by atoms with E-state index in [0.717, 1.165) is 0 Å². The normalized spacial score (nSPS) is 10.3. The molecule has 2 rings (SSSR count). The van der Waals surface area contributed by atoms with Gasteiger partial charge in [0.2, 0.25) is 0 Å². The molecular weight excluding hydrogens is 264 g/mol. The molecule has 1 aromatic heterocycles. The highest BCUT2D eigenvalue weighted by Gasteiger charge is 2.12. The van der Waals surface area contributed by atoms with Gasteiger partial charge in [-0.05, 0) is 12.1 Å². The van der Waals surface area contributed by atoms with E-state index in [4.69, 9.17) is 18.6 Å². The summed E-state index contributed by atoms with van der Waals surface area (Å²) in [6.45, 7) is 1.14. The number of rotatable bonds is 4. The zero-order valence-electron chi connectivity index (χ0n) is 11.4. The Morgan fingerprint density at radius 3 is 2.55 bits per heavy atom. The van der Waals surface area contributed by atoms with E-state index in [1.165, 1.54) is 21.1 Å². The van der Waals surface area contributed by atoms with Crippen molar-refractivity contribution in [2.24, 2.45) is 0 Å². The summed E-state index contributed by atoms with van der Waals surface area (Å²) in [5.74, 6) is 0.504. The maximum Gasteiger partial charge on any atom is 0.343 e. The van der Waals surface area contributed by atoms with Gasteiger partial charge in [0.05, 0.1) is 19.8 Å². The minimum Gasteiger partial charge on any atom is -0.497 e. The molecule has 0 saturated heterocycles. The molecule has 6 heteroatoms. The van der Waals surface area contributed by atoms with E-state index in [1.807, 2.05) is 0 Å². The molecule has 0 unspecified atom stereocenters. The molecule has 1 heterocycles. The van der Waals surface area contributed by atoms with Crippen LogP contribution in [0.1, 0.15) is 12.5 Å². The van der Waals surface area contributed by atoms with Gasteiger partial charge in [-0.25, -0.2) is 4.79 Å². The Kier molecular flexibility index (Phi) is 3.93. The summed E-state index contributed by atoms with van der Waals surface area (Å²) in [5, 5.41) is 0.628. The first-order chi connectivity index (χ1) is 9.55.